The molecule has 1 fully saturated rings. The average molecular weight is 426 g/mol. The third kappa shape index (κ3) is 3.68. The van der Waals surface area contributed by atoms with Gasteiger partial charge in [-0.1, -0.05) is 0 Å². The summed E-state index contributed by atoms with van der Waals surface area (Å²) in [5.41, 5.74) is 5.20. The number of hydrogen-bond acceptors (Lipinski definition) is 4. The van der Waals surface area contributed by atoms with Gasteiger partial charge in [0.25, 0.3) is 0 Å². The van der Waals surface area contributed by atoms with Gasteiger partial charge in [-0.3, -0.25) is 0 Å². The fourth-order valence-electron chi connectivity index (χ4n) is 4.32. The third-order valence-corrected chi connectivity index (χ3v) is 5.93. The number of aromatic nitrogens is 1. The van der Waals surface area contributed by atoms with E-state index < -0.39 is 5.82 Å². The smallest absolute Gasteiger partial charge is 0.165 e. The second-order valence-corrected chi connectivity index (χ2v) is 7.98. The normalized spacial score (nSPS) is 15.6. The minimum absolute atomic E-state index is 0.214. The highest BCUT2D eigenvalue weighted by Gasteiger charge is 2.17. The standard InChI is InChI=1S/C26H23FN4O/c1-32-26-9-4-18(13-23(26)27)25-14-19-12-20(30-21-10-11-29-16-21)5-8-24(19)31(25)22-6-2-17(15-28)3-7-22/h2-9,12-14,21,29-30H,10-11,16H2,1H3/t21-/m0/s1. The van der Waals surface area contributed by atoms with E-state index in [0.717, 1.165) is 53.0 Å². The molecule has 1 atom stereocenters. The Morgan fingerprint density at radius 1 is 1.09 bits per heavy atom. The number of benzene rings is 3. The van der Waals surface area contributed by atoms with Crippen LogP contribution < -0.4 is 15.4 Å². The van der Waals surface area contributed by atoms with Gasteiger partial charge in [0, 0.05) is 34.9 Å². The Morgan fingerprint density at radius 2 is 1.94 bits per heavy atom. The van der Waals surface area contributed by atoms with Crippen LogP contribution in [-0.2, 0) is 0 Å². The second kappa shape index (κ2) is 8.37. The Morgan fingerprint density at radius 3 is 2.62 bits per heavy atom. The van der Waals surface area contributed by atoms with Crippen molar-refractivity contribution in [3.63, 3.8) is 0 Å². The molecule has 0 spiro atoms. The average Bonchev–Trinajstić information content (AvgIpc) is 3.46. The van der Waals surface area contributed by atoms with Gasteiger partial charge in [0.2, 0.25) is 0 Å². The van der Waals surface area contributed by atoms with Crippen LogP contribution in [0, 0.1) is 17.1 Å². The molecule has 3 aromatic carbocycles. The van der Waals surface area contributed by atoms with Crippen LogP contribution in [0.4, 0.5) is 10.1 Å². The number of fused-ring (bicyclic) bond motifs is 1. The van der Waals surface area contributed by atoms with Crippen LogP contribution >= 0.6 is 0 Å². The van der Waals surface area contributed by atoms with E-state index in [-0.39, 0.29) is 5.75 Å². The van der Waals surface area contributed by atoms with Gasteiger partial charge in [-0.2, -0.15) is 5.26 Å². The van der Waals surface area contributed by atoms with E-state index in [4.69, 9.17) is 10.00 Å². The lowest BCUT2D eigenvalue weighted by atomic mass is 10.1. The number of nitriles is 1. The Hall–Kier alpha value is -3.82. The van der Waals surface area contributed by atoms with E-state index >= 15 is 0 Å². The van der Waals surface area contributed by atoms with E-state index in [1.165, 1.54) is 13.2 Å². The van der Waals surface area contributed by atoms with Crippen molar-refractivity contribution >= 4 is 16.6 Å². The van der Waals surface area contributed by atoms with Crippen LogP contribution in [0.3, 0.4) is 0 Å². The molecule has 0 aliphatic carbocycles. The second-order valence-electron chi connectivity index (χ2n) is 7.98. The van der Waals surface area contributed by atoms with Crippen LogP contribution in [-0.4, -0.2) is 30.8 Å². The van der Waals surface area contributed by atoms with Gasteiger partial charge in [-0.05, 0) is 79.7 Å². The molecule has 1 saturated heterocycles. The lowest BCUT2D eigenvalue weighted by molar-refractivity contribution is 0.386. The number of ether oxygens (including phenoxy) is 1. The van der Waals surface area contributed by atoms with Crippen molar-refractivity contribution in [3.8, 4) is 28.8 Å². The fraction of sp³-hybridized carbons (Fsp3) is 0.192. The minimum Gasteiger partial charge on any atom is -0.494 e. The molecule has 0 radical (unpaired) electrons. The quantitative estimate of drug-likeness (QED) is 0.467. The maximum absolute atomic E-state index is 14.5. The summed E-state index contributed by atoms with van der Waals surface area (Å²) in [5, 5.41) is 17.2. The Kier molecular flexibility index (Phi) is 5.26. The lowest BCUT2D eigenvalue weighted by Crippen LogP contribution is -2.21. The summed E-state index contributed by atoms with van der Waals surface area (Å²) in [4.78, 5) is 0. The topological polar surface area (TPSA) is 62.0 Å². The first-order valence-electron chi connectivity index (χ1n) is 10.6. The van der Waals surface area contributed by atoms with Crippen molar-refractivity contribution in [2.24, 2.45) is 0 Å². The minimum atomic E-state index is -0.405. The van der Waals surface area contributed by atoms with Crippen molar-refractivity contribution < 1.29 is 9.13 Å². The number of anilines is 1. The van der Waals surface area contributed by atoms with Crippen LogP contribution in [0.15, 0.2) is 66.7 Å². The number of halogens is 1. The molecule has 5 nitrogen and oxygen atoms in total. The maximum atomic E-state index is 14.5. The molecule has 0 bridgehead atoms. The van der Waals surface area contributed by atoms with Gasteiger partial charge in [-0.15, -0.1) is 0 Å². The van der Waals surface area contributed by atoms with Crippen molar-refractivity contribution in [2.45, 2.75) is 12.5 Å². The van der Waals surface area contributed by atoms with Gasteiger partial charge in [0.1, 0.15) is 0 Å². The van der Waals surface area contributed by atoms with Crippen molar-refractivity contribution in [3.05, 3.63) is 78.1 Å². The Bertz CT molecular complexity index is 1310. The van der Waals surface area contributed by atoms with Gasteiger partial charge in [0.15, 0.2) is 11.6 Å². The molecule has 0 unspecified atom stereocenters. The number of nitrogens with zero attached hydrogens (tertiary/aromatic N) is 2. The first-order valence-corrected chi connectivity index (χ1v) is 10.6. The maximum Gasteiger partial charge on any atom is 0.165 e. The predicted octanol–water partition coefficient (Wildman–Crippen LogP) is 5.09. The third-order valence-electron chi connectivity index (χ3n) is 5.93. The first-order chi connectivity index (χ1) is 15.7. The van der Waals surface area contributed by atoms with Crippen LogP contribution in [0.1, 0.15) is 12.0 Å². The molecule has 160 valence electrons. The molecule has 2 heterocycles. The van der Waals surface area contributed by atoms with E-state index in [9.17, 15) is 4.39 Å². The molecule has 2 N–H and O–H groups in total. The molecule has 1 aromatic heterocycles. The summed E-state index contributed by atoms with van der Waals surface area (Å²) < 4.78 is 21.7. The van der Waals surface area contributed by atoms with Crippen molar-refractivity contribution in [1.29, 1.82) is 5.26 Å². The van der Waals surface area contributed by atoms with E-state index in [1.807, 2.05) is 18.2 Å². The Balaban J connectivity index is 1.65. The zero-order valence-electron chi connectivity index (χ0n) is 17.7. The SMILES string of the molecule is COc1ccc(-c2cc3cc(N[C@H]4CCNC4)ccc3n2-c2ccc(C#N)cc2)cc1F. The number of methoxy groups -OCH3 is 1. The highest BCUT2D eigenvalue weighted by atomic mass is 19.1. The highest BCUT2D eigenvalue weighted by molar-refractivity contribution is 5.91. The van der Waals surface area contributed by atoms with Gasteiger partial charge in [0.05, 0.1) is 30.0 Å². The summed E-state index contributed by atoms with van der Waals surface area (Å²) in [6.07, 6.45) is 1.10. The van der Waals surface area contributed by atoms with Crippen molar-refractivity contribution in [2.75, 3.05) is 25.5 Å². The molecule has 32 heavy (non-hydrogen) atoms. The molecule has 4 aromatic rings. The lowest BCUT2D eigenvalue weighted by Gasteiger charge is -2.14. The fourth-order valence-corrected chi connectivity index (χ4v) is 4.32. The van der Waals surface area contributed by atoms with E-state index in [1.54, 1.807) is 18.2 Å². The zero-order chi connectivity index (χ0) is 22.1. The molecule has 1 aliphatic rings. The molecule has 5 rings (SSSR count). The van der Waals surface area contributed by atoms with Crippen LogP contribution in [0.2, 0.25) is 0 Å². The number of hydrogen-bond donors (Lipinski definition) is 2. The highest BCUT2D eigenvalue weighted by Crippen LogP contribution is 2.35. The first kappa shape index (κ1) is 20.1. The largest absolute Gasteiger partial charge is 0.494 e. The molecule has 1 aliphatic heterocycles. The summed E-state index contributed by atoms with van der Waals surface area (Å²) in [5.74, 6) is -0.191. The van der Waals surface area contributed by atoms with E-state index in [2.05, 4.69) is 45.5 Å². The molecule has 0 amide bonds. The van der Waals surface area contributed by atoms with Crippen molar-refractivity contribution in [1.82, 2.24) is 9.88 Å². The number of nitrogens with one attached hydrogen (secondary N) is 2. The summed E-state index contributed by atoms with van der Waals surface area (Å²) in [6.45, 7) is 1.99. The molecular weight excluding hydrogens is 403 g/mol. The van der Waals surface area contributed by atoms with Gasteiger partial charge >= 0.3 is 0 Å². The zero-order valence-corrected chi connectivity index (χ0v) is 17.7. The monoisotopic (exact) mass is 426 g/mol. The van der Waals surface area contributed by atoms with Crippen LogP contribution in [0.25, 0.3) is 27.8 Å². The summed E-state index contributed by atoms with van der Waals surface area (Å²) in [7, 11) is 1.46. The van der Waals surface area contributed by atoms with Crippen LogP contribution in [0.5, 0.6) is 5.75 Å². The predicted molar refractivity (Wildman–Crippen MR) is 125 cm³/mol. The summed E-state index contributed by atoms with van der Waals surface area (Å²) >= 11 is 0. The molecule has 0 saturated carbocycles. The molecular formula is C26H23FN4O. The number of rotatable bonds is 5. The van der Waals surface area contributed by atoms with Gasteiger partial charge < -0.3 is 19.9 Å². The van der Waals surface area contributed by atoms with E-state index in [0.29, 0.717) is 11.6 Å². The van der Waals surface area contributed by atoms with Gasteiger partial charge in [-0.25, -0.2) is 4.39 Å². The summed E-state index contributed by atoms with van der Waals surface area (Å²) in [6, 6.07) is 23.4. The Labute approximate surface area is 186 Å². The molecule has 6 heteroatoms.